The lowest BCUT2D eigenvalue weighted by molar-refractivity contribution is 0.571. The highest BCUT2D eigenvalue weighted by Gasteiger charge is 2.19. The maximum Gasteiger partial charge on any atom is 0.0737 e. The molecule has 35 heavy (non-hydrogen) atoms. The van der Waals surface area contributed by atoms with E-state index in [-0.39, 0.29) is 0 Å². The first-order valence-electron chi connectivity index (χ1n) is 13.2. The monoisotopic (exact) mass is 457 g/mol. The molecule has 174 valence electrons. The Hall–Kier alpha value is -3.72. The van der Waals surface area contributed by atoms with E-state index in [0.717, 1.165) is 6.54 Å². The molecule has 0 aliphatic rings. The van der Waals surface area contributed by atoms with Crippen LogP contribution >= 0.6 is 0 Å². The zero-order valence-corrected chi connectivity index (χ0v) is 20.3. The van der Waals surface area contributed by atoms with Crippen molar-refractivity contribution >= 4 is 65.4 Å². The SMILES string of the molecule is CCCCCCCCn1c2c(ccc3c4ccccc4[nH]c32)c2ccc3c4ccccc4[nH]c3c21. The summed E-state index contributed by atoms with van der Waals surface area (Å²) < 4.78 is 2.61. The molecule has 0 aliphatic heterocycles. The molecule has 0 aliphatic carbocycles. The molecule has 0 radical (unpaired) electrons. The number of unbranched alkanes of at least 4 members (excludes halogenated alkanes) is 5. The molecule has 0 fully saturated rings. The molecule has 0 bridgehead atoms. The number of para-hydroxylation sites is 2. The van der Waals surface area contributed by atoms with Crippen LogP contribution in [0.15, 0.2) is 72.8 Å². The Morgan fingerprint density at radius 2 is 1.00 bits per heavy atom. The number of hydrogen-bond donors (Lipinski definition) is 2. The molecule has 0 atom stereocenters. The highest BCUT2D eigenvalue weighted by Crippen LogP contribution is 2.40. The second kappa shape index (κ2) is 8.20. The van der Waals surface area contributed by atoms with E-state index in [0.29, 0.717) is 0 Å². The second-order valence-electron chi connectivity index (χ2n) is 10.0. The van der Waals surface area contributed by atoms with Gasteiger partial charge in [0.25, 0.3) is 0 Å². The van der Waals surface area contributed by atoms with Crippen molar-refractivity contribution in [2.24, 2.45) is 0 Å². The van der Waals surface area contributed by atoms with Crippen LogP contribution in [0, 0.1) is 0 Å². The molecule has 0 saturated carbocycles. The summed E-state index contributed by atoms with van der Waals surface area (Å²) in [6.07, 6.45) is 7.81. The van der Waals surface area contributed by atoms with Crippen molar-refractivity contribution in [3.63, 3.8) is 0 Å². The predicted molar refractivity (Wildman–Crippen MR) is 152 cm³/mol. The van der Waals surface area contributed by atoms with Crippen LogP contribution in [-0.2, 0) is 6.54 Å². The van der Waals surface area contributed by atoms with E-state index in [1.165, 1.54) is 104 Å². The van der Waals surface area contributed by atoms with Gasteiger partial charge in [0, 0.05) is 49.9 Å². The number of aromatic nitrogens is 3. The molecular weight excluding hydrogens is 426 g/mol. The Morgan fingerprint density at radius 1 is 0.514 bits per heavy atom. The summed E-state index contributed by atoms with van der Waals surface area (Å²) in [7, 11) is 0. The first kappa shape index (κ1) is 20.6. The highest BCUT2D eigenvalue weighted by atomic mass is 15.0. The van der Waals surface area contributed by atoms with E-state index >= 15 is 0 Å². The van der Waals surface area contributed by atoms with Gasteiger partial charge in [0.05, 0.1) is 22.1 Å². The largest absolute Gasteiger partial charge is 0.353 e. The smallest absolute Gasteiger partial charge is 0.0737 e. The quantitative estimate of drug-likeness (QED) is 0.224. The zero-order valence-electron chi connectivity index (χ0n) is 20.3. The van der Waals surface area contributed by atoms with E-state index < -0.39 is 0 Å². The van der Waals surface area contributed by atoms with E-state index in [9.17, 15) is 0 Å². The van der Waals surface area contributed by atoms with E-state index in [2.05, 4.69) is 94.3 Å². The lowest BCUT2D eigenvalue weighted by Crippen LogP contribution is -1.99. The third-order valence-corrected chi connectivity index (χ3v) is 7.87. The molecular formula is C32H31N3. The Bertz CT molecular complexity index is 1720. The van der Waals surface area contributed by atoms with Gasteiger partial charge in [-0.05, 0) is 18.6 Å². The van der Waals surface area contributed by atoms with Crippen LogP contribution in [0.5, 0.6) is 0 Å². The van der Waals surface area contributed by atoms with Crippen LogP contribution < -0.4 is 0 Å². The Balaban J connectivity index is 1.52. The summed E-state index contributed by atoms with van der Waals surface area (Å²) in [5.41, 5.74) is 7.62. The molecule has 2 N–H and O–H groups in total. The summed E-state index contributed by atoms with van der Waals surface area (Å²) in [5.74, 6) is 0. The minimum Gasteiger partial charge on any atom is -0.353 e. The van der Waals surface area contributed by atoms with E-state index in [4.69, 9.17) is 0 Å². The number of H-pyrrole nitrogens is 2. The Morgan fingerprint density at radius 3 is 1.57 bits per heavy atom. The normalized spacial score (nSPS) is 12.4. The van der Waals surface area contributed by atoms with Crippen molar-refractivity contribution in [1.29, 1.82) is 0 Å². The number of benzene rings is 4. The summed E-state index contributed by atoms with van der Waals surface area (Å²) in [6, 6.07) is 26.7. The molecule has 7 aromatic rings. The van der Waals surface area contributed by atoms with Crippen LogP contribution in [0.2, 0.25) is 0 Å². The van der Waals surface area contributed by atoms with Gasteiger partial charge in [-0.3, -0.25) is 0 Å². The fourth-order valence-corrected chi connectivity index (χ4v) is 6.19. The van der Waals surface area contributed by atoms with Crippen molar-refractivity contribution in [3.8, 4) is 0 Å². The summed E-state index contributed by atoms with van der Waals surface area (Å²) in [4.78, 5) is 7.57. The summed E-state index contributed by atoms with van der Waals surface area (Å²) in [6.45, 7) is 3.32. The Labute approximate surface area is 204 Å². The standard InChI is InChI=1S/C32H31N3/c1-2-3-4-5-6-11-20-35-31-25(18-16-23-21-12-7-9-14-27(21)33-29(23)31)26-19-17-24-22-13-8-10-15-28(22)34-30(24)32(26)35/h7-10,12-19,33-34H,2-6,11,20H2,1H3. The van der Waals surface area contributed by atoms with Gasteiger partial charge in [0.15, 0.2) is 0 Å². The molecule has 0 saturated heterocycles. The maximum absolute atomic E-state index is 3.78. The average molecular weight is 458 g/mol. The molecule has 4 aromatic carbocycles. The molecule has 3 heteroatoms. The first-order valence-corrected chi connectivity index (χ1v) is 13.2. The molecule has 7 rings (SSSR count). The average Bonchev–Trinajstić information content (AvgIpc) is 3.55. The highest BCUT2D eigenvalue weighted by molar-refractivity contribution is 6.27. The number of aryl methyl sites for hydroxylation is 1. The number of nitrogens with one attached hydrogen (secondary N) is 2. The predicted octanol–water partition coefficient (Wildman–Crippen LogP) is 9.42. The van der Waals surface area contributed by atoms with Crippen LogP contribution in [0.4, 0.5) is 0 Å². The van der Waals surface area contributed by atoms with Crippen LogP contribution in [0.1, 0.15) is 45.4 Å². The van der Waals surface area contributed by atoms with E-state index in [1.807, 2.05) is 0 Å². The third-order valence-electron chi connectivity index (χ3n) is 7.87. The van der Waals surface area contributed by atoms with Crippen LogP contribution in [0.25, 0.3) is 65.4 Å². The van der Waals surface area contributed by atoms with Gasteiger partial charge in [-0.2, -0.15) is 0 Å². The first-order chi connectivity index (χ1) is 17.3. The molecule has 3 nitrogen and oxygen atoms in total. The van der Waals surface area contributed by atoms with Crippen molar-refractivity contribution in [2.75, 3.05) is 0 Å². The zero-order chi connectivity index (χ0) is 23.4. The summed E-state index contributed by atoms with van der Waals surface area (Å²) in [5, 5.41) is 7.91. The van der Waals surface area contributed by atoms with Gasteiger partial charge < -0.3 is 14.5 Å². The Kier molecular flexibility index (Phi) is 4.83. The summed E-state index contributed by atoms with van der Waals surface area (Å²) >= 11 is 0. The lowest BCUT2D eigenvalue weighted by atomic mass is 10.1. The molecule has 3 heterocycles. The molecule has 0 amide bonds. The maximum atomic E-state index is 3.78. The lowest BCUT2D eigenvalue weighted by Gasteiger charge is -2.09. The number of nitrogens with zero attached hydrogens (tertiary/aromatic N) is 1. The molecule has 0 spiro atoms. The van der Waals surface area contributed by atoms with Crippen molar-refractivity contribution in [3.05, 3.63) is 72.8 Å². The second-order valence-corrected chi connectivity index (χ2v) is 10.0. The number of fused-ring (bicyclic) bond motifs is 11. The van der Waals surface area contributed by atoms with Gasteiger partial charge in [-0.15, -0.1) is 0 Å². The van der Waals surface area contributed by atoms with Crippen molar-refractivity contribution in [2.45, 2.75) is 52.0 Å². The fourth-order valence-electron chi connectivity index (χ4n) is 6.19. The van der Waals surface area contributed by atoms with Gasteiger partial charge in [-0.25, -0.2) is 0 Å². The minimum absolute atomic E-state index is 1.04. The van der Waals surface area contributed by atoms with Crippen LogP contribution in [0.3, 0.4) is 0 Å². The van der Waals surface area contributed by atoms with E-state index in [1.54, 1.807) is 0 Å². The van der Waals surface area contributed by atoms with Gasteiger partial charge in [0.2, 0.25) is 0 Å². The van der Waals surface area contributed by atoms with Crippen molar-refractivity contribution < 1.29 is 0 Å². The fraction of sp³-hybridized carbons (Fsp3) is 0.250. The van der Waals surface area contributed by atoms with Crippen molar-refractivity contribution in [1.82, 2.24) is 14.5 Å². The van der Waals surface area contributed by atoms with Gasteiger partial charge in [0.1, 0.15) is 0 Å². The minimum atomic E-state index is 1.04. The van der Waals surface area contributed by atoms with Crippen LogP contribution in [-0.4, -0.2) is 14.5 Å². The van der Waals surface area contributed by atoms with Gasteiger partial charge in [-0.1, -0.05) is 99.7 Å². The third kappa shape index (κ3) is 3.11. The topological polar surface area (TPSA) is 36.5 Å². The number of aromatic amines is 2. The number of rotatable bonds is 7. The van der Waals surface area contributed by atoms with Gasteiger partial charge >= 0.3 is 0 Å². The number of hydrogen-bond acceptors (Lipinski definition) is 0. The molecule has 0 unspecified atom stereocenters. The molecule has 3 aromatic heterocycles.